The summed E-state index contributed by atoms with van der Waals surface area (Å²) in [6.45, 7) is 8.36. The number of rotatable bonds is 7. The number of carbonyl (C=O) groups excluding carboxylic acids is 2. The summed E-state index contributed by atoms with van der Waals surface area (Å²) < 4.78 is 24.1. The number of likely N-dealkylation sites (tertiary alicyclic amines) is 1. The van der Waals surface area contributed by atoms with Gasteiger partial charge in [0.05, 0.1) is 18.1 Å². The molecule has 1 heterocycles. The van der Waals surface area contributed by atoms with Gasteiger partial charge in [0, 0.05) is 20.2 Å². The average Bonchev–Trinajstić information content (AvgIpc) is 3.12. The van der Waals surface area contributed by atoms with Crippen molar-refractivity contribution in [1.82, 2.24) is 10.2 Å². The molecule has 0 aromatic heterocycles. The number of ether oxygens (including phenoxy) is 2. The van der Waals surface area contributed by atoms with Crippen LogP contribution in [0.25, 0.3) is 0 Å². The molecule has 1 saturated heterocycles. The van der Waals surface area contributed by atoms with Crippen molar-refractivity contribution >= 4 is 12.0 Å². The molecule has 1 fully saturated rings. The summed E-state index contributed by atoms with van der Waals surface area (Å²) in [6.07, 6.45) is 1.44. The van der Waals surface area contributed by atoms with Gasteiger partial charge in [-0.05, 0) is 57.7 Å². The average molecular weight is 409 g/mol. The van der Waals surface area contributed by atoms with E-state index in [-0.39, 0.29) is 23.9 Å². The van der Waals surface area contributed by atoms with Gasteiger partial charge < -0.3 is 19.7 Å². The zero-order valence-corrected chi connectivity index (χ0v) is 18.0. The Morgan fingerprint density at radius 3 is 2.52 bits per heavy atom. The lowest BCUT2D eigenvalue weighted by molar-refractivity contribution is -0.130. The number of amides is 2. The Balaban J connectivity index is 1.93. The summed E-state index contributed by atoms with van der Waals surface area (Å²) in [5.41, 5.74) is 0.380. The van der Waals surface area contributed by atoms with E-state index in [1.165, 1.54) is 12.1 Å². The molecule has 1 aliphatic rings. The molecule has 2 amide bonds. The minimum atomic E-state index is -0.573. The monoisotopic (exact) mass is 408 g/mol. The summed E-state index contributed by atoms with van der Waals surface area (Å²) in [5, 5.41) is 2.92. The Bertz CT molecular complexity index is 687. The number of carbonyl (C=O) groups is 2. The van der Waals surface area contributed by atoms with Crippen LogP contribution in [-0.4, -0.2) is 54.8 Å². The molecule has 3 unspecified atom stereocenters. The molecule has 7 heteroatoms. The highest BCUT2D eigenvalue weighted by molar-refractivity contribution is 5.79. The fourth-order valence-corrected chi connectivity index (χ4v) is 3.67. The van der Waals surface area contributed by atoms with Crippen molar-refractivity contribution in [3.05, 3.63) is 35.6 Å². The zero-order valence-electron chi connectivity index (χ0n) is 18.0. The molecule has 29 heavy (non-hydrogen) atoms. The molecule has 1 aliphatic heterocycles. The van der Waals surface area contributed by atoms with Crippen molar-refractivity contribution in [2.75, 3.05) is 20.2 Å². The Morgan fingerprint density at radius 1 is 1.28 bits per heavy atom. The molecule has 1 aromatic carbocycles. The van der Waals surface area contributed by atoms with Crippen LogP contribution in [0.15, 0.2) is 24.3 Å². The van der Waals surface area contributed by atoms with Gasteiger partial charge in [0.2, 0.25) is 5.91 Å². The summed E-state index contributed by atoms with van der Waals surface area (Å²) in [6, 6.07) is 6.03. The van der Waals surface area contributed by atoms with E-state index in [1.54, 1.807) is 24.1 Å². The lowest BCUT2D eigenvalue weighted by Crippen LogP contribution is -2.50. The van der Waals surface area contributed by atoms with Crippen LogP contribution >= 0.6 is 0 Å². The van der Waals surface area contributed by atoms with Crippen LogP contribution in [0, 0.1) is 11.7 Å². The van der Waals surface area contributed by atoms with Crippen molar-refractivity contribution in [2.45, 2.75) is 64.7 Å². The number of nitrogens with one attached hydrogen (secondary N) is 1. The molecule has 162 valence electrons. The molecule has 1 N–H and O–H groups in total. The molecular formula is C22H33FN2O4. The molecule has 0 saturated carbocycles. The molecule has 0 bridgehead atoms. The van der Waals surface area contributed by atoms with E-state index in [2.05, 4.69) is 5.32 Å². The molecular weight excluding hydrogens is 375 g/mol. The van der Waals surface area contributed by atoms with E-state index in [0.29, 0.717) is 19.5 Å². The Hall–Kier alpha value is -2.15. The second-order valence-corrected chi connectivity index (χ2v) is 8.54. The van der Waals surface area contributed by atoms with E-state index in [9.17, 15) is 14.0 Å². The number of methoxy groups -OCH3 is 1. The van der Waals surface area contributed by atoms with Crippen LogP contribution < -0.4 is 5.32 Å². The van der Waals surface area contributed by atoms with Gasteiger partial charge >= 0.3 is 6.09 Å². The first-order valence-electron chi connectivity index (χ1n) is 10.2. The summed E-state index contributed by atoms with van der Waals surface area (Å²) in [4.78, 5) is 26.9. The predicted molar refractivity (Wildman–Crippen MR) is 109 cm³/mol. The largest absolute Gasteiger partial charge is 0.444 e. The van der Waals surface area contributed by atoms with Crippen molar-refractivity contribution in [1.29, 1.82) is 0 Å². The SMILES string of the molecule is COC(C(C)C(=O)NCCc1ccc(F)cc1)C1CCCN1C(=O)OC(C)(C)C. The molecule has 1 aromatic rings. The van der Waals surface area contributed by atoms with E-state index < -0.39 is 17.6 Å². The second kappa shape index (κ2) is 10.1. The molecule has 0 aliphatic carbocycles. The molecule has 2 rings (SSSR count). The fraction of sp³-hybridized carbons (Fsp3) is 0.636. The predicted octanol–water partition coefficient (Wildman–Crippen LogP) is 3.54. The number of halogens is 1. The number of hydrogen-bond donors (Lipinski definition) is 1. The molecule has 0 radical (unpaired) electrons. The van der Waals surface area contributed by atoms with Gasteiger partial charge in [-0.3, -0.25) is 4.79 Å². The topological polar surface area (TPSA) is 67.9 Å². The lowest BCUT2D eigenvalue weighted by Gasteiger charge is -2.34. The Kier molecular flexibility index (Phi) is 8.02. The first-order valence-corrected chi connectivity index (χ1v) is 10.2. The van der Waals surface area contributed by atoms with Crippen molar-refractivity contribution < 1.29 is 23.5 Å². The summed E-state index contributed by atoms with van der Waals surface area (Å²) in [7, 11) is 1.57. The number of benzene rings is 1. The number of nitrogens with zero attached hydrogens (tertiary/aromatic N) is 1. The highest BCUT2D eigenvalue weighted by atomic mass is 19.1. The van der Waals surface area contributed by atoms with E-state index in [4.69, 9.17) is 9.47 Å². The van der Waals surface area contributed by atoms with Crippen LogP contribution in [0.2, 0.25) is 0 Å². The smallest absolute Gasteiger partial charge is 0.410 e. The van der Waals surface area contributed by atoms with Crippen LogP contribution in [0.5, 0.6) is 0 Å². The van der Waals surface area contributed by atoms with Gasteiger partial charge in [-0.2, -0.15) is 0 Å². The van der Waals surface area contributed by atoms with Crippen LogP contribution in [0.3, 0.4) is 0 Å². The quantitative estimate of drug-likeness (QED) is 0.749. The van der Waals surface area contributed by atoms with Gasteiger partial charge in [0.15, 0.2) is 0 Å². The molecule has 0 spiro atoms. The van der Waals surface area contributed by atoms with Crippen molar-refractivity contribution in [3.8, 4) is 0 Å². The first kappa shape index (κ1) is 23.1. The van der Waals surface area contributed by atoms with Crippen molar-refractivity contribution in [2.24, 2.45) is 5.92 Å². The van der Waals surface area contributed by atoms with Gasteiger partial charge in [-0.25, -0.2) is 9.18 Å². The normalized spacial score (nSPS) is 19.0. The lowest BCUT2D eigenvalue weighted by atomic mass is 9.95. The van der Waals surface area contributed by atoms with Crippen LogP contribution in [-0.2, 0) is 20.7 Å². The maximum atomic E-state index is 13.0. The minimum absolute atomic E-state index is 0.130. The van der Waals surface area contributed by atoms with E-state index >= 15 is 0 Å². The van der Waals surface area contributed by atoms with Gasteiger partial charge in [-0.15, -0.1) is 0 Å². The highest BCUT2D eigenvalue weighted by Gasteiger charge is 2.41. The number of hydrogen-bond acceptors (Lipinski definition) is 4. The van der Waals surface area contributed by atoms with Gasteiger partial charge in [0.1, 0.15) is 11.4 Å². The standard InChI is InChI=1S/C22H33FN2O4/c1-15(20(26)24-13-12-16-8-10-17(23)11-9-16)19(28-5)18-7-6-14-25(18)21(27)29-22(2,3)4/h8-11,15,18-19H,6-7,12-14H2,1-5H3,(H,24,26). The maximum absolute atomic E-state index is 13.0. The van der Waals surface area contributed by atoms with Crippen molar-refractivity contribution in [3.63, 3.8) is 0 Å². The van der Waals surface area contributed by atoms with Crippen LogP contribution in [0.4, 0.5) is 9.18 Å². The molecule has 6 nitrogen and oxygen atoms in total. The fourth-order valence-electron chi connectivity index (χ4n) is 3.67. The third-order valence-corrected chi connectivity index (χ3v) is 5.11. The Morgan fingerprint density at radius 2 is 1.93 bits per heavy atom. The van der Waals surface area contributed by atoms with Gasteiger partial charge in [0.25, 0.3) is 0 Å². The van der Waals surface area contributed by atoms with E-state index in [1.807, 2.05) is 27.7 Å². The first-order chi connectivity index (χ1) is 13.6. The van der Waals surface area contributed by atoms with E-state index in [0.717, 1.165) is 18.4 Å². The second-order valence-electron chi connectivity index (χ2n) is 8.54. The maximum Gasteiger partial charge on any atom is 0.410 e. The third-order valence-electron chi connectivity index (χ3n) is 5.11. The third kappa shape index (κ3) is 6.70. The molecule has 3 atom stereocenters. The van der Waals surface area contributed by atoms with Gasteiger partial charge in [-0.1, -0.05) is 19.1 Å². The minimum Gasteiger partial charge on any atom is -0.444 e. The highest BCUT2D eigenvalue weighted by Crippen LogP contribution is 2.28. The summed E-state index contributed by atoms with van der Waals surface area (Å²) >= 11 is 0. The summed E-state index contributed by atoms with van der Waals surface area (Å²) in [5.74, 6) is -0.836. The zero-order chi connectivity index (χ0) is 21.6. The van der Waals surface area contributed by atoms with Crippen LogP contribution in [0.1, 0.15) is 46.1 Å². The Labute approximate surface area is 172 Å².